The van der Waals surface area contributed by atoms with Crippen molar-refractivity contribution in [3.8, 4) is 11.5 Å². The van der Waals surface area contributed by atoms with Gasteiger partial charge in [-0.1, -0.05) is 11.6 Å². The van der Waals surface area contributed by atoms with Gasteiger partial charge in [0.15, 0.2) is 0 Å². The Kier molecular flexibility index (Phi) is 8.02. The lowest BCUT2D eigenvalue weighted by molar-refractivity contribution is 0.0955. The van der Waals surface area contributed by atoms with Gasteiger partial charge in [-0.2, -0.15) is 0 Å². The van der Waals surface area contributed by atoms with Crippen LogP contribution in [0.4, 0.5) is 11.4 Å². The highest BCUT2D eigenvalue weighted by Crippen LogP contribution is 2.28. The summed E-state index contributed by atoms with van der Waals surface area (Å²) in [4.78, 5) is 12.3. The van der Waals surface area contributed by atoms with Crippen molar-refractivity contribution in [2.75, 3.05) is 37.3 Å². The molecule has 0 saturated heterocycles. The zero-order valence-corrected chi connectivity index (χ0v) is 19.7. The quantitative estimate of drug-likeness (QED) is 0.372. The molecule has 0 bridgehead atoms. The Bertz CT molecular complexity index is 1200. The molecule has 3 rings (SSSR count). The molecule has 0 radical (unpaired) electrons. The van der Waals surface area contributed by atoms with Gasteiger partial charge in [0.1, 0.15) is 16.4 Å². The molecule has 3 N–H and O–H groups in total. The summed E-state index contributed by atoms with van der Waals surface area (Å²) in [6, 6.07) is 17.9. The highest BCUT2D eigenvalue weighted by atomic mass is 35.5. The number of amides is 1. The molecule has 0 unspecified atom stereocenters. The predicted molar refractivity (Wildman–Crippen MR) is 129 cm³/mol. The Morgan fingerprint density at radius 3 is 2.18 bits per heavy atom. The molecule has 0 spiro atoms. The van der Waals surface area contributed by atoms with Gasteiger partial charge in [0.05, 0.1) is 14.2 Å². The van der Waals surface area contributed by atoms with Crippen LogP contribution in [-0.4, -0.2) is 41.6 Å². The summed E-state index contributed by atoms with van der Waals surface area (Å²) in [5.41, 5.74) is 1.62. The summed E-state index contributed by atoms with van der Waals surface area (Å²) >= 11 is 5.94. The fourth-order valence-corrected chi connectivity index (χ4v) is 4.45. The molecule has 0 aliphatic carbocycles. The number of hydrogen-bond donors (Lipinski definition) is 3. The molecule has 8 nitrogen and oxygen atoms in total. The molecule has 0 aromatic heterocycles. The minimum absolute atomic E-state index is 0.0799. The number of anilines is 2. The van der Waals surface area contributed by atoms with E-state index < -0.39 is 10.0 Å². The van der Waals surface area contributed by atoms with Crippen molar-refractivity contribution in [2.24, 2.45) is 0 Å². The first-order valence-electron chi connectivity index (χ1n) is 9.95. The fraction of sp³-hybridized carbons (Fsp3) is 0.174. The summed E-state index contributed by atoms with van der Waals surface area (Å²) in [5, 5.41) is 6.28. The maximum absolute atomic E-state index is 12.7. The molecule has 0 saturated carbocycles. The number of carbonyl (C=O) groups excluding carboxylic acids is 1. The first kappa shape index (κ1) is 24.2. The number of methoxy groups -OCH3 is 2. The lowest BCUT2D eigenvalue weighted by Gasteiger charge is -2.12. The van der Waals surface area contributed by atoms with Gasteiger partial charge in [-0.15, -0.1) is 0 Å². The molecule has 10 heteroatoms. The summed E-state index contributed by atoms with van der Waals surface area (Å²) in [6.45, 7) is 0.950. The van der Waals surface area contributed by atoms with Crippen LogP contribution in [0.2, 0.25) is 5.02 Å². The number of hydrogen-bond acceptors (Lipinski definition) is 6. The second-order valence-electron chi connectivity index (χ2n) is 6.89. The maximum atomic E-state index is 12.7. The Hall–Kier alpha value is -3.43. The van der Waals surface area contributed by atoms with E-state index in [1.54, 1.807) is 25.3 Å². The normalized spacial score (nSPS) is 10.9. The average molecular weight is 490 g/mol. The molecule has 3 aromatic carbocycles. The summed E-state index contributed by atoms with van der Waals surface area (Å²) in [6.07, 6.45) is 0. The van der Waals surface area contributed by atoms with Gasteiger partial charge in [-0.3, -0.25) is 9.52 Å². The molecule has 174 valence electrons. The molecule has 1 amide bonds. The zero-order chi connectivity index (χ0) is 23.8. The molecule has 0 aliphatic heterocycles. The zero-order valence-electron chi connectivity index (χ0n) is 18.1. The summed E-state index contributed by atoms with van der Waals surface area (Å²) in [5.74, 6) is 0.676. The van der Waals surface area contributed by atoms with Gasteiger partial charge >= 0.3 is 0 Å². The number of halogens is 1. The van der Waals surface area contributed by atoms with Crippen molar-refractivity contribution >= 4 is 38.9 Å². The minimum Gasteiger partial charge on any atom is -0.497 e. The van der Waals surface area contributed by atoms with Crippen LogP contribution in [0.5, 0.6) is 11.5 Å². The van der Waals surface area contributed by atoms with Crippen molar-refractivity contribution in [3.63, 3.8) is 0 Å². The fourth-order valence-electron chi connectivity index (χ4n) is 2.95. The van der Waals surface area contributed by atoms with Gasteiger partial charge in [-0.05, 0) is 66.7 Å². The third-order valence-electron chi connectivity index (χ3n) is 4.64. The number of rotatable bonds is 10. The average Bonchev–Trinajstić information content (AvgIpc) is 2.82. The lowest BCUT2D eigenvalue weighted by atomic mass is 10.2. The van der Waals surface area contributed by atoms with Crippen molar-refractivity contribution < 1.29 is 22.7 Å². The third kappa shape index (κ3) is 6.53. The lowest BCUT2D eigenvalue weighted by Crippen LogP contribution is -2.28. The summed E-state index contributed by atoms with van der Waals surface area (Å²) < 4.78 is 38.2. The number of ether oxygens (including phenoxy) is 2. The van der Waals surface area contributed by atoms with E-state index in [1.165, 1.54) is 31.4 Å². The summed E-state index contributed by atoms with van der Waals surface area (Å²) in [7, 11) is -0.952. The highest BCUT2D eigenvalue weighted by molar-refractivity contribution is 7.92. The van der Waals surface area contributed by atoms with Gasteiger partial charge < -0.3 is 20.1 Å². The number of benzene rings is 3. The van der Waals surface area contributed by atoms with E-state index in [0.29, 0.717) is 24.3 Å². The van der Waals surface area contributed by atoms with Gasteiger partial charge in [0, 0.05) is 35.1 Å². The van der Waals surface area contributed by atoms with E-state index in [1.807, 2.05) is 24.3 Å². The molecule has 0 aliphatic rings. The minimum atomic E-state index is -3.94. The van der Waals surface area contributed by atoms with Crippen LogP contribution < -0.4 is 24.8 Å². The molecule has 0 heterocycles. The first-order valence-corrected chi connectivity index (χ1v) is 11.8. The molecule has 0 atom stereocenters. The molecule has 33 heavy (non-hydrogen) atoms. The Morgan fingerprint density at radius 1 is 0.879 bits per heavy atom. The van der Waals surface area contributed by atoms with E-state index in [0.717, 1.165) is 11.4 Å². The molecule has 0 fully saturated rings. The van der Waals surface area contributed by atoms with Crippen molar-refractivity contribution in [1.29, 1.82) is 0 Å². The second kappa shape index (κ2) is 10.9. The topological polar surface area (TPSA) is 106 Å². The molecule has 3 aromatic rings. The predicted octanol–water partition coefficient (Wildman–Crippen LogP) is 4.00. The molecular weight excluding hydrogens is 466 g/mol. The van der Waals surface area contributed by atoms with Crippen molar-refractivity contribution in [3.05, 3.63) is 77.3 Å². The van der Waals surface area contributed by atoms with E-state index in [-0.39, 0.29) is 21.6 Å². The Labute approximate surface area is 197 Å². The van der Waals surface area contributed by atoms with Crippen LogP contribution in [-0.2, 0) is 10.0 Å². The molecular formula is C23H24ClN3O5S. The monoisotopic (exact) mass is 489 g/mol. The van der Waals surface area contributed by atoms with E-state index in [9.17, 15) is 13.2 Å². The van der Waals surface area contributed by atoms with Crippen LogP contribution in [0.3, 0.4) is 0 Å². The standard InChI is InChI=1S/C23H24ClN3O5S/c1-31-20-10-8-18(9-11-20)25-13-14-26-23(28)16-3-6-19(7-4-16)27-33(29,30)22-15-17(24)5-12-21(22)32-2/h3-12,15,25,27H,13-14H2,1-2H3,(H,26,28). The van der Waals surface area contributed by atoms with E-state index in [2.05, 4.69) is 15.4 Å². The SMILES string of the molecule is COc1ccc(NCCNC(=O)c2ccc(NS(=O)(=O)c3cc(Cl)ccc3OC)cc2)cc1. The van der Waals surface area contributed by atoms with Gasteiger partial charge in [0.25, 0.3) is 15.9 Å². The van der Waals surface area contributed by atoms with Crippen LogP contribution >= 0.6 is 11.6 Å². The first-order chi connectivity index (χ1) is 15.8. The van der Waals surface area contributed by atoms with Crippen molar-refractivity contribution in [1.82, 2.24) is 5.32 Å². The maximum Gasteiger partial charge on any atom is 0.265 e. The highest BCUT2D eigenvalue weighted by Gasteiger charge is 2.20. The Morgan fingerprint density at radius 2 is 1.55 bits per heavy atom. The van der Waals surface area contributed by atoms with E-state index >= 15 is 0 Å². The number of sulfonamides is 1. The largest absolute Gasteiger partial charge is 0.497 e. The smallest absolute Gasteiger partial charge is 0.265 e. The number of carbonyl (C=O) groups is 1. The van der Waals surface area contributed by atoms with Gasteiger partial charge in [-0.25, -0.2) is 8.42 Å². The van der Waals surface area contributed by atoms with Crippen molar-refractivity contribution in [2.45, 2.75) is 4.90 Å². The second-order valence-corrected chi connectivity index (χ2v) is 8.98. The van der Waals surface area contributed by atoms with Crippen LogP contribution in [0.25, 0.3) is 0 Å². The van der Waals surface area contributed by atoms with Crippen LogP contribution in [0.1, 0.15) is 10.4 Å². The van der Waals surface area contributed by atoms with Gasteiger partial charge in [0.2, 0.25) is 0 Å². The van der Waals surface area contributed by atoms with E-state index in [4.69, 9.17) is 21.1 Å². The Balaban J connectivity index is 1.54. The van der Waals surface area contributed by atoms with Crippen LogP contribution in [0, 0.1) is 0 Å². The third-order valence-corrected chi connectivity index (χ3v) is 6.28. The number of nitrogens with one attached hydrogen (secondary N) is 3. The van der Waals surface area contributed by atoms with Crippen LogP contribution in [0.15, 0.2) is 71.6 Å².